The second-order valence-electron chi connectivity index (χ2n) is 7.53. The van der Waals surface area contributed by atoms with Crippen molar-refractivity contribution in [2.75, 3.05) is 0 Å². The van der Waals surface area contributed by atoms with Gasteiger partial charge in [-0.1, -0.05) is 58.8 Å². The van der Waals surface area contributed by atoms with Crippen LogP contribution in [0.1, 0.15) is 79.6 Å². The topological polar surface area (TPSA) is 29.4 Å². The van der Waals surface area contributed by atoms with E-state index in [2.05, 4.69) is 4.99 Å². The number of rotatable bonds is 10. The maximum atomic E-state index is 13.7. The SMILES string of the molecule is CC\C=C/C(=C\CCC)C(/C)=C(/N=C(C(C)CC)C(F)(F)F)C(=O)C1CCC1. The van der Waals surface area contributed by atoms with Gasteiger partial charge < -0.3 is 0 Å². The van der Waals surface area contributed by atoms with Gasteiger partial charge in [-0.2, -0.15) is 13.2 Å². The number of Topliss-reactive ketones (excluding diaryl/α,β-unsaturated/α-hetero) is 1. The minimum Gasteiger partial charge on any atom is -0.292 e. The molecule has 158 valence electrons. The third-order valence-corrected chi connectivity index (χ3v) is 5.29. The summed E-state index contributed by atoms with van der Waals surface area (Å²) in [6.07, 6.45) is 6.55. The Morgan fingerprint density at radius 2 is 1.86 bits per heavy atom. The van der Waals surface area contributed by atoms with E-state index >= 15 is 0 Å². The maximum Gasteiger partial charge on any atom is 0.429 e. The number of hydrogen-bond donors (Lipinski definition) is 0. The normalized spacial score (nSPS) is 18.9. The number of aliphatic imine (C=N–C) groups is 1. The van der Waals surface area contributed by atoms with Crippen LogP contribution >= 0.6 is 0 Å². The fourth-order valence-corrected chi connectivity index (χ4v) is 2.98. The number of hydrogen-bond acceptors (Lipinski definition) is 2. The van der Waals surface area contributed by atoms with Gasteiger partial charge in [0.15, 0.2) is 5.78 Å². The number of unbranched alkanes of at least 4 members (excludes halogenated alkanes) is 1. The first kappa shape index (κ1) is 24.4. The Morgan fingerprint density at radius 3 is 2.29 bits per heavy atom. The van der Waals surface area contributed by atoms with Crippen molar-refractivity contribution in [3.05, 3.63) is 35.1 Å². The van der Waals surface area contributed by atoms with Crippen LogP contribution in [-0.2, 0) is 4.79 Å². The van der Waals surface area contributed by atoms with E-state index in [-0.39, 0.29) is 17.4 Å². The first-order valence-electron chi connectivity index (χ1n) is 10.4. The van der Waals surface area contributed by atoms with Crippen molar-refractivity contribution >= 4 is 11.5 Å². The highest BCUT2D eigenvalue weighted by Crippen LogP contribution is 2.34. The number of alkyl halides is 3. The predicted molar refractivity (Wildman–Crippen MR) is 110 cm³/mol. The molecule has 28 heavy (non-hydrogen) atoms. The van der Waals surface area contributed by atoms with Gasteiger partial charge in [-0.15, -0.1) is 0 Å². The molecule has 1 aliphatic rings. The van der Waals surface area contributed by atoms with Crippen molar-refractivity contribution in [3.63, 3.8) is 0 Å². The third kappa shape index (κ3) is 6.75. The van der Waals surface area contributed by atoms with Gasteiger partial charge in [0.1, 0.15) is 11.4 Å². The molecule has 0 N–H and O–H groups in total. The molecule has 1 atom stereocenters. The Morgan fingerprint density at radius 1 is 1.21 bits per heavy atom. The molecule has 2 nitrogen and oxygen atoms in total. The molecule has 1 unspecified atom stereocenters. The van der Waals surface area contributed by atoms with Crippen LogP contribution in [0.3, 0.4) is 0 Å². The van der Waals surface area contributed by atoms with Crippen LogP contribution in [-0.4, -0.2) is 17.7 Å². The first-order valence-corrected chi connectivity index (χ1v) is 10.4. The van der Waals surface area contributed by atoms with Crippen LogP contribution < -0.4 is 0 Å². The second-order valence-corrected chi connectivity index (χ2v) is 7.53. The molecule has 5 heteroatoms. The summed E-state index contributed by atoms with van der Waals surface area (Å²) in [5, 5.41) is 0. The fraction of sp³-hybridized carbons (Fsp3) is 0.652. The number of ketones is 1. The average Bonchev–Trinajstić information content (AvgIpc) is 2.58. The lowest BCUT2D eigenvalue weighted by molar-refractivity contribution is -0.121. The molecule has 0 bridgehead atoms. The van der Waals surface area contributed by atoms with Gasteiger partial charge in [0.2, 0.25) is 0 Å². The lowest BCUT2D eigenvalue weighted by atomic mass is 9.80. The van der Waals surface area contributed by atoms with Crippen molar-refractivity contribution in [2.45, 2.75) is 85.7 Å². The molecule has 0 aliphatic heterocycles. The zero-order valence-electron chi connectivity index (χ0n) is 17.8. The van der Waals surface area contributed by atoms with Crippen LogP contribution in [0.4, 0.5) is 13.2 Å². The largest absolute Gasteiger partial charge is 0.429 e. The molecule has 0 aromatic carbocycles. The molecule has 0 saturated heterocycles. The maximum absolute atomic E-state index is 13.7. The van der Waals surface area contributed by atoms with E-state index in [1.54, 1.807) is 13.8 Å². The number of nitrogens with zero attached hydrogens (tertiary/aromatic N) is 1. The summed E-state index contributed by atoms with van der Waals surface area (Å²) in [6.45, 7) is 8.97. The second kappa shape index (κ2) is 11.4. The summed E-state index contributed by atoms with van der Waals surface area (Å²) < 4.78 is 41.0. The van der Waals surface area contributed by atoms with E-state index in [0.717, 1.165) is 44.1 Å². The fourth-order valence-electron chi connectivity index (χ4n) is 2.98. The van der Waals surface area contributed by atoms with E-state index < -0.39 is 17.8 Å². The third-order valence-electron chi connectivity index (χ3n) is 5.29. The highest BCUT2D eigenvalue weighted by atomic mass is 19.4. The van der Waals surface area contributed by atoms with Crippen molar-refractivity contribution < 1.29 is 18.0 Å². The van der Waals surface area contributed by atoms with E-state index in [9.17, 15) is 18.0 Å². The average molecular weight is 398 g/mol. The highest BCUT2D eigenvalue weighted by molar-refractivity contribution is 6.03. The number of carbonyl (C=O) groups is 1. The molecule has 0 heterocycles. The summed E-state index contributed by atoms with van der Waals surface area (Å²) >= 11 is 0. The molecular formula is C23H34F3NO. The predicted octanol–water partition coefficient (Wildman–Crippen LogP) is 7.37. The molecule has 1 saturated carbocycles. The Labute approximate surface area is 167 Å². The van der Waals surface area contributed by atoms with Gasteiger partial charge in [0.25, 0.3) is 0 Å². The van der Waals surface area contributed by atoms with Crippen LogP contribution in [0, 0.1) is 11.8 Å². The Kier molecular flexibility index (Phi) is 9.91. The van der Waals surface area contributed by atoms with Crippen molar-refractivity contribution in [3.8, 4) is 0 Å². The molecule has 0 radical (unpaired) electrons. The zero-order chi connectivity index (χ0) is 21.3. The van der Waals surface area contributed by atoms with Crippen LogP contribution in [0.25, 0.3) is 0 Å². The zero-order valence-corrected chi connectivity index (χ0v) is 17.8. The number of carbonyl (C=O) groups excluding carboxylic acids is 1. The van der Waals surface area contributed by atoms with Gasteiger partial charge in [0, 0.05) is 11.8 Å². The highest BCUT2D eigenvalue weighted by Gasteiger charge is 2.40. The first-order chi connectivity index (χ1) is 13.2. The van der Waals surface area contributed by atoms with Gasteiger partial charge >= 0.3 is 6.18 Å². The number of allylic oxidation sites excluding steroid dienone is 6. The molecule has 0 spiro atoms. The van der Waals surface area contributed by atoms with Crippen molar-refractivity contribution in [1.82, 2.24) is 0 Å². The Hall–Kier alpha value is -1.65. The van der Waals surface area contributed by atoms with Crippen LogP contribution in [0.15, 0.2) is 40.1 Å². The Bertz CT molecular complexity index is 649. The number of halogens is 3. The van der Waals surface area contributed by atoms with E-state index in [1.807, 2.05) is 32.1 Å². The van der Waals surface area contributed by atoms with E-state index in [4.69, 9.17) is 0 Å². The summed E-state index contributed by atoms with van der Waals surface area (Å²) in [6, 6.07) is 0. The lowest BCUT2D eigenvalue weighted by Gasteiger charge is -2.26. The standard InChI is InChI=1S/C23H34F3NO/c1-6-9-12-18(13-10-7-2)17(5)20(21(28)19-14-11-15-19)27-22(16(4)8-3)23(24,25)26/h9,12-13,16,19H,6-8,10-11,14-15H2,1-5H3/b12-9-,18-13+,20-17+,27-22?. The summed E-state index contributed by atoms with van der Waals surface area (Å²) in [5.41, 5.74) is 0.465. The van der Waals surface area contributed by atoms with Gasteiger partial charge in [-0.3, -0.25) is 4.79 Å². The van der Waals surface area contributed by atoms with Gasteiger partial charge in [-0.05, 0) is 50.2 Å². The van der Waals surface area contributed by atoms with Crippen molar-refractivity contribution in [2.24, 2.45) is 16.8 Å². The monoisotopic (exact) mass is 397 g/mol. The summed E-state index contributed by atoms with van der Waals surface area (Å²) in [4.78, 5) is 17.0. The van der Waals surface area contributed by atoms with Crippen molar-refractivity contribution in [1.29, 1.82) is 0 Å². The molecule has 0 aromatic heterocycles. The minimum absolute atomic E-state index is 0.0135. The molecule has 1 aliphatic carbocycles. The summed E-state index contributed by atoms with van der Waals surface area (Å²) in [5.74, 6) is -1.21. The van der Waals surface area contributed by atoms with E-state index in [0.29, 0.717) is 12.0 Å². The van der Waals surface area contributed by atoms with Gasteiger partial charge in [0.05, 0.1) is 0 Å². The Balaban J connectivity index is 3.59. The quantitative estimate of drug-likeness (QED) is 0.215. The summed E-state index contributed by atoms with van der Waals surface area (Å²) in [7, 11) is 0. The molecular weight excluding hydrogens is 363 g/mol. The molecule has 1 fully saturated rings. The lowest BCUT2D eigenvalue weighted by Crippen LogP contribution is -2.31. The van der Waals surface area contributed by atoms with Gasteiger partial charge in [-0.25, -0.2) is 4.99 Å². The molecule has 0 aromatic rings. The molecule has 1 rings (SSSR count). The van der Waals surface area contributed by atoms with Crippen LogP contribution in [0.5, 0.6) is 0 Å². The van der Waals surface area contributed by atoms with Crippen LogP contribution in [0.2, 0.25) is 0 Å². The minimum atomic E-state index is -4.55. The van der Waals surface area contributed by atoms with E-state index in [1.165, 1.54) is 6.92 Å². The molecule has 0 amide bonds. The smallest absolute Gasteiger partial charge is 0.292 e.